The van der Waals surface area contributed by atoms with E-state index in [0.29, 0.717) is 41.7 Å². The molecule has 0 fully saturated rings. The molecule has 0 heterocycles. The first kappa shape index (κ1) is 15.7. The fourth-order valence-electron chi connectivity index (χ4n) is 2.00. The largest absolute Gasteiger partial charge is 0.490 e. The first-order valence-corrected chi connectivity index (χ1v) is 7.21. The van der Waals surface area contributed by atoms with Crippen molar-refractivity contribution < 1.29 is 14.3 Å². The van der Waals surface area contributed by atoms with Crippen molar-refractivity contribution in [2.45, 2.75) is 13.8 Å². The summed E-state index contributed by atoms with van der Waals surface area (Å²) in [5.41, 5.74) is 7.41. The van der Waals surface area contributed by atoms with Gasteiger partial charge in [-0.1, -0.05) is 12.1 Å². The van der Waals surface area contributed by atoms with Gasteiger partial charge in [-0.3, -0.25) is 4.79 Å². The van der Waals surface area contributed by atoms with E-state index in [1.165, 1.54) is 0 Å². The Balaban J connectivity index is 2.22. The lowest BCUT2D eigenvalue weighted by molar-refractivity contribution is 0.102. The number of amides is 1. The maximum absolute atomic E-state index is 12.3. The van der Waals surface area contributed by atoms with Gasteiger partial charge in [-0.15, -0.1) is 0 Å². The van der Waals surface area contributed by atoms with Gasteiger partial charge in [-0.2, -0.15) is 0 Å². The number of rotatable bonds is 6. The molecule has 0 aromatic heterocycles. The second-order valence-corrected chi connectivity index (χ2v) is 4.57. The van der Waals surface area contributed by atoms with Gasteiger partial charge in [0.2, 0.25) is 0 Å². The third-order valence-corrected chi connectivity index (χ3v) is 3.01. The number of nitrogen functional groups attached to an aromatic ring is 1. The third-order valence-electron chi connectivity index (χ3n) is 3.01. The zero-order chi connectivity index (χ0) is 15.9. The van der Waals surface area contributed by atoms with E-state index in [-0.39, 0.29) is 5.91 Å². The lowest BCUT2D eigenvalue weighted by Gasteiger charge is -2.13. The van der Waals surface area contributed by atoms with E-state index in [4.69, 9.17) is 15.2 Å². The van der Waals surface area contributed by atoms with Crippen molar-refractivity contribution in [1.82, 2.24) is 0 Å². The first-order valence-electron chi connectivity index (χ1n) is 7.21. The molecule has 0 saturated heterocycles. The zero-order valence-corrected chi connectivity index (χ0v) is 12.8. The Hall–Kier alpha value is -2.69. The summed E-state index contributed by atoms with van der Waals surface area (Å²) in [5, 5.41) is 2.79. The summed E-state index contributed by atoms with van der Waals surface area (Å²) in [6.45, 7) is 4.81. The van der Waals surface area contributed by atoms with Crippen LogP contribution in [0.25, 0.3) is 0 Å². The smallest absolute Gasteiger partial charge is 0.255 e. The topological polar surface area (TPSA) is 73.6 Å². The van der Waals surface area contributed by atoms with Crippen LogP contribution in [0.3, 0.4) is 0 Å². The van der Waals surface area contributed by atoms with E-state index < -0.39 is 0 Å². The van der Waals surface area contributed by atoms with Crippen molar-refractivity contribution in [1.29, 1.82) is 0 Å². The van der Waals surface area contributed by atoms with Gasteiger partial charge in [0, 0.05) is 5.56 Å². The second-order valence-electron chi connectivity index (χ2n) is 4.57. The highest BCUT2D eigenvalue weighted by Gasteiger charge is 2.12. The summed E-state index contributed by atoms with van der Waals surface area (Å²) in [5.74, 6) is 0.931. The first-order chi connectivity index (χ1) is 10.7. The van der Waals surface area contributed by atoms with E-state index in [9.17, 15) is 4.79 Å². The van der Waals surface area contributed by atoms with Crippen molar-refractivity contribution in [3.63, 3.8) is 0 Å². The van der Waals surface area contributed by atoms with E-state index in [0.717, 1.165) is 0 Å². The van der Waals surface area contributed by atoms with Crippen molar-refractivity contribution in [2.24, 2.45) is 0 Å². The summed E-state index contributed by atoms with van der Waals surface area (Å²) >= 11 is 0. The summed E-state index contributed by atoms with van der Waals surface area (Å²) in [6.07, 6.45) is 0. The molecule has 0 unspecified atom stereocenters. The standard InChI is InChI=1S/C17H20N2O3/c1-3-21-15-10-9-12(11-16(15)22-4-2)17(20)19-14-8-6-5-7-13(14)18/h5-11H,3-4,18H2,1-2H3,(H,19,20). The number of nitrogens with two attached hydrogens (primary N) is 1. The monoisotopic (exact) mass is 300 g/mol. The van der Waals surface area contributed by atoms with Crippen LogP contribution in [0.5, 0.6) is 11.5 Å². The quantitative estimate of drug-likeness (QED) is 0.803. The molecule has 3 N–H and O–H groups in total. The van der Waals surface area contributed by atoms with E-state index in [2.05, 4.69) is 5.32 Å². The number of nitrogens with one attached hydrogen (secondary N) is 1. The van der Waals surface area contributed by atoms with Crippen LogP contribution in [0.1, 0.15) is 24.2 Å². The van der Waals surface area contributed by atoms with Crippen molar-refractivity contribution in [2.75, 3.05) is 24.3 Å². The SMILES string of the molecule is CCOc1ccc(C(=O)Nc2ccccc2N)cc1OCC. The summed E-state index contributed by atoms with van der Waals surface area (Å²) in [6, 6.07) is 12.2. The highest BCUT2D eigenvalue weighted by atomic mass is 16.5. The third kappa shape index (κ3) is 3.69. The molecule has 5 nitrogen and oxygen atoms in total. The van der Waals surface area contributed by atoms with Crippen LogP contribution in [0, 0.1) is 0 Å². The average Bonchev–Trinajstić information content (AvgIpc) is 2.51. The fourth-order valence-corrected chi connectivity index (χ4v) is 2.00. The molecule has 2 aromatic carbocycles. The Morgan fingerprint density at radius 1 is 1.05 bits per heavy atom. The number of ether oxygens (including phenoxy) is 2. The average molecular weight is 300 g/mol. The molecule has 0 aliphatic rings. The van der Waals surface area contributed by atoms with Crippen LogP contribution in [-0.4, -0.2) is 19.1 Å². The van der Waals surface area contributed by atoms with Crippen LogP contribution in [-0.2, 0) is 0 Å². The number of benzene rings is 2. The molecule has 2 aromatic rings. The maximum atomic E-state index is 12.3. The summed E-state index contributed by atoms with van der Waals surface area (Å²) < 4.78 is 11.0. The van der Waals surface area contributed by atoms with Crippen LogP contribution >= 0.6 is 0 Å². The number of anilines is 2. The van der Waals surface area contributed by atoms with Crippen molar-refractivity contribution >= 4 is 17.3 Å². The van der Waals surface area contributed by atoms with Gasteiger partial charge in [0.1, 0.15) is 0 Å². The molecule has 0 radical (unpaired) electrons. The number of hydrogen-bond donors (Lipinski definition) is 2. The van der Waals surface area contributed by atoms with Gasteiger partial charge in [-0.05, 0) is 44.2 Å². The number of hydrogen-bond acceptors (Lipinski definition) is 4. The Kier molecular flexibility index (Phi) is 5.25. The molecule has 22 heavy (non-hydrogen) atoms. The van der Waals surface area contributed by atoms with Gasteiger partial charge in [-0.25, -0.2) is 0 Å². The molecule has 0 aliphatic carbocycles. The van der Waals surface area contributed by atoms with Crippen molar-refractivity contribution in [3.8, 4) is 11.5 Å². The summed E-state index contributed by atoms with van der Waals surface area (Å²) in [4.78, 5) is 12.3. The zero-order valence-electron chi connectivity index (χ0n) is 12.8. The van der Waals surface area contributed by atoms with Crippen LogP contribution in [0.2, 0.25) is 0 Å². The normalized spacial score (nSPS) is 10.1. The van der Waals surface area contributed by atoms with E-state index in [1.807, 2.05) is 26.0 Å². The molecular weight excluding hydrogens is 280 g/mol. The Morgan fingerprint density at radius 3 is 2.41 bits per heavy atom. The molecule has 0 saturated carbocycles. The van der Waals surface area contributed by atoms with Crippen LogP contribution < -0.4 is 20.5 Å². The lowest BCUT2D eigenvalue weighted by Crippen LogP contribution is -2.13. The molecule has 5 heteroatoms. The molecule has 1 amide bonds. The molecule has 0 spiro atoms. The molecule has 0 aliphatic heterocycles. The molecular formula is C17H20N2O3. The second kappa shape index (κ2) is 7.36. The molecule has 2 rings (SSSR count). The van der Waals surface area contributed by atoms with Crippen LogP contribution in [0.15, 0.2) is 42.5 Å². The Bertz CT molecular complexity index is 656. The highest BCUT2D eigenvalue weighted by Crippen LogP contribution is 2.29. The molecule has 0 bridgehead atoms. The minimum Gasteiger partial charge on any atom is -0.490 e. The predicted molar refractivity (Wildman–Crippen MR) is 87.6 cm³/mol. The summed E-state index contributed by atoms with van der Waals surface area (Å²) in [7, 11) is 0. The number of carbonyl (C=O) groups excluding carboxylic acids is 1. The van der Waals surface area contributed by atoms with Crippen molar-refractivity contribution in [3.05, 3.63) is 48.0 Å². The number of para-hydroxylation sites is 2. The van der Waals surface area contributed by atoms with Crippen LogP contribution in [0.4, 0.5) is 11.4 Å². The van der Waals surface area contributed by atoms with E-state index >= 15 is 0 Å². The number of carbonyl (C=O) groups is 1. The Labute approximate surface area is 130 Å². The molecule has 0 atom stereocenters. The van der Waals surface area contributed by atoms with Gasteiger partial charge >= 0.3 is 0 Å². The predicted octanol–water partition coefficient (Wildman–Crippen LogP) is 3.32. The molecule has 116 valence electrons. The maximum Gasteiger partial charge on any atom is 0.255 e. The minimum atomic E-state index is -0.248. The van der Waals surface area contributed by atoms with Gasteiger partial charge in [0.15, 0.2) is 11.5 Å². The van der Waals surface area contributed by atoms with Gasteiger partial charge in [0.05, 0.1) is 24.6 Å². The highest BCUT2D eigenvalue weighted by molar-refractivity contribution is 6.06. The van der Waals surface area contributed by atoms with E-state index in [1.54, 1.807) is 30.3 Å². The fraction of sp³-hybridized carbons (Fsp3) is 0.235. The van der Waals surface area contributed by atoms with Gasteiger partial charge in [0.25, 0.3) is 5.91 Å². The lowest BCUT2D eigenvalue weighted by atomic mass is 10.1. The minimum absolute atomic E-state index is 0.248. The Morgan fingerprint density at radius 2 is 1.73 bits per heavy atom. The van der Waals surface area contributed by atoms with Gasteiger partial charge < -0.3 is 20.5 Å².